The Hall–Kier alpha value is -4.70. The van der Waals surface area contributed by atoms with Crippen LogP contribution in [0.15, 0.2) is 97.2 Å². The van der Waals surface area contributed by atoms with E-state index in [2.05, 4.69) is 141 Å². The van der Waals surface area contributed by atoms with E-state index in [4.69, 9.17) is 4.98 Å². The Kier molecular flexibility index (Phi) is 4.52. The Morgan fingerprint density at radius 2 is 1.05 bits per heavy atom. The minimum atomic E-state index is -0.209. The first kappa shape index (κ1) is 24.9. The summed E-state index contributed by atoms with van der Waals surface area (Å²) in [5, 5.41) is 0. The summed E-state index contributed by atoms with van der Waals surface area (Å²) in [6, 6.07) is 33.4. The highest BCUT2D eigenvalue weighted by Crippen LogP contribution is 2.66. The monoisotopic (exact) mass is 558 g/mol. The van der Waals surface area contributed by atoms with E-state index in [1.54, 1.807) is 0 Å². The zero-order chi connectivity index (χ0) is 29.5. The predicted octanol–water partition coefficient (Wildman–Crippen LogP) is 9.48. The zero-order valence-electron chi connectivity index (χ0n) is 25.5. The van der Waals surface area contributed by atoms with Gasteiger partial charge in [-0.1, -0.05) is 96.1 Å². The third-order valence-electron chi connectivity index (χ3n) is 10.6. The highest BCUT2D eigenvalue weighted by molar-refractivity contribution is 5.99. The molecule has 0 fully saturated rings. The molecule has 0 unspecified atom stereocenters. The van der Waals surface area contributed by atoms with Crippen LogP contribution in [0, 0.1) is 0 Å². The van der Waals surface area contributed by atoms with Gasteiger partial charge in [0.15, 0.2) is 5.65 Å². The average Bonchev–Trinajstić information content (AvgIpc) is 3.40. The molecule has 0 amide bonds. The van der Waals surface area contributed by atoms with Crippen molar-refractivity contribution in [3.05, 3.63) is 131 Å². The topological polar surface area (TPSA) is 34.0 Å². The van der Waals surface area contributed by atoms with Gasteiger partial charge < -0.3 is 4.90 Å². The molecule has 3 aliphatic heterocycles. The molecule has 210 valence electrons. The molecule has 0 aliphatic carbocycles. The number of hydrogen-bond acceptors (Lipinski definition) is 3. The van der Waals surface area contributed by atoms with Crippen molar-refractivity contribution < 1.29 is 0 Å². The van der Waals surface area contributed by atoms with Gasteiger partial charge in [0, 0.05) is 33.7 Å². The van der Waals surface area contributed by atoms with Gasteiger partial charge in [0.1, 0.15) is 5.82 Å². The van der Waals surface area contributed by atoms with Crippen LogP contribution in [-0.4, -0.2) is 14.5 Å². The van der Waals surface area contributed by atoms with Gasteiger partial charge in [-0.15, -0.1) is 0 Å². The summed E-state index contributed by atoms with van der Waals surface area (Å²) in [7, 11) is 0. The van der Waals surface area contributed by atoms with Gasteiger partial charge in [-0.3, -0.25) is 4.57 Å². The molecule has 0 atom stereocenters. The standard InChI is InChI=1S/C39H34N4/c1-37(2)25-15-10-17-27-32(25)43-33-26(37)16-11-18-28(33)39(5,6)30-22-23(21-29(34(30)43)38(27,3)4)36-41-35-31(19-12-20-40-35)42(36)24-13-8-7-9-14-24/h7-22H,1-6H3. The van der Waals surface area contributed by atoms with Gasteiger partial charge in [-0.25, -0.2) is 9.97 Å². The number of para-hydroxylation sites is 3. The van der Waals surface area contributed by atoms with Crippen molar-refractivity contribution in [3.63, 3.8) is 0 Å². The summed E-state index contributed by atoms with van der Waals surface area (Å²) in [6.07, 6.45) is 1.83. The molecule has 0 radical (unpaired) electrons. The molecule has 9 rings (SSSR count). The molecule has 0 spiro atoms. The summed E-state index contributed by atoms with van der Waals surface area (Å²) < 4.78 is 2.27. The Morgan fingerprint density at radius 3 is 1.60 bits per heavy atom. The van der Waals surface area contributed by atoms with E-state index >= 15 is 0 Å². The SMILES string of the molecule is CC1(C)c2cccc3c2N2c4c1cccc4C(C)(C)c1cc(-c4nc5ncccc5n4-c4ccccc4)cc(c12)C3(C)C. The summed E-state index contributed by atoms with van der Waals surface area (Å²) >= 11 is 0. The smallest absolute Gasteiger partial charge is 0.178 e. The molecule has 4 heteroatoms. The average molecular weight is 559 g/mol. The first-order valence-corrected chi connectivity index (χ1v) is 15.3. The molecule has 0 saturated carbocycles. The first-order valence-electron chi connectivity index (χ1n) is 15.3. The van der Waals surface area contributed by atoms with Crippen LogP contribution in [-0.2, 0) is 16.2 Å². The van der Waals surface area contributed by atoms with Crippen molar-refractivity contribution in [2.24, 2.45) is 0 Å². The lowest BCUT2D eigenvalue weighted by atomic mass is 9.60. The second-order valence-electron chi connectivity index (χ2n) is 14.0. The van der Waals surface area contributed by atoms with Crippen LogP contribution in [0.1, 0.15) is 74.9 Å². The van der Waals surface area contributed by atoms with Crippen LogP contribution in [0.2, 0.25) is 0 Å². The maximum absolute atomic E-state index is 5.19. The summed E-state index contributed by atoms with van der Waals surface area (Å²) in [5.41, 5.74) is 15.8. The third-order valence-corrected chi connectivity index (χ3v) is 10.6. The number of aromatic nitrogens is 3. The largest absolute Gasteiger partial charge is 0.309 e. The minimum absolute atomic E-state index is 0.0954. The van der Waals surface area contributed by atoms with Crippen molar-refractivity contribution in [1.29, 1.82) is 0 Å². The Balaban J connectivity index is 1.42. The van der Waals surface area contributed by atoms with Crippen LogP contribution in [0.25, 0.3) is 28.2 Å². The van der Waals surface area contributed by atoms with E-state index < -0.39 is 0 Å². The zero-order valence-corrected chi connectivity index (χ0v) is 25.5. The maximum atomic E-state index is 5.19. The lowest BCUT2D eigenvalue weighted by Gasteiger charge is -2.55. The molecule has 0 N–H and O–H groups in total. The normalized spacial score (nSPS) is 17.6. The van der Waals surface area contributed by atoms with Crippen molar-refractivity contribution >= 4 is 28.2 Å². The molecule has 4 nitrogen and oxygen atoms in total. The van der Waals surface area contributed by atoms with Crippen molar-refractivity contribution in [2.45, 2.75) is 57.8 Å². The van der Waals surface area contributed by atoms with Crippen LogP contribution < -0.4 is 4.90 Å². The molecule has 0 bridgehead atoms. The fourth-order valence-electron chi connectivity index (χ4n) is 8.26. The molecule has 3 aliphatic rings. The van der Waals surface area contributed by atoms with E-state index in [9.17, 15) is 0 Å². The lowest BCUT2D eigenvalue weighted by Crippen LogP contribution is -2.43. The highest BCUT2D eigenvalue weighted by atomic mass is 15.2. The number of benzene rings is 4. The number of fused-ring (bicyclic) bond motifs is 1. The van der Waals surface area contributed by atoms with E-state index in [1.165, 1.54) is 50.4 Å². The van der Waals surface area contributed by atoms with Crippen LogP contribution in [0.4, 0.5) is 17.1 Å². The Bertz CT molecular complexity index is 2070. The van der Waals surface area contributed by atoms with Crippen molar-refractivity contribution in [2.75, 3.05) is 4.90 Å². The molecule has 43 heavy (non-hydrogen) atoms. The number of anilines is 3. The van der Waals surface area contributed by atoms with Crippen molar-refractivity contribution in [3.8, 4) is 17.1 Å². The van der Waals surface area contributed by atoms with Crippen LogP contribution in [0.5, 0.6) is 0 Å². The molecule has 2 aromatic heterocycles. The van der Waals surface area contributed by atoms with Crippen molar-refractivity contribution in [1.82, 2.24) is 14.5 Å². The van der Waals surface area contributed by atoms with E-state index in [-0.39, 0.29) is 16.2 Å². The molecule has 0 saturated heterocycles. The fourth-order valence-corrected chi connectivity index (χ4v) is 8.26. The summed E-state index contributed by atoms with van der Waals surface area (Å²) in [4.78, 5) is 12.5. The second kappa shape index (κ2) is 7.82. The van der Waals surface area contributed by atoms with Crippen LogP contribution in [0.3, 0.4) is 0 Å². The third kappa shape index (κ3) is 2.91. The molecular formula is C39H34N4. The highest BCUT2D eigenvalue weighted by Gasteiger charge is 2.51. The predicted molar refractivity (Wildman–Crippen MR) is 175 cm³/mol. The quantitative estimate of drug-likeness (QED) is 0.212. The summed E-state index contributed by atoms with van der Waals surface area (Å²) in [5.74, 6) is 0.921. The molecule has 6 aromatic rings. The van der Waals surface area contributed by atoms with E-state index in [0.29, 0.717) is 0 Å². The van der Waals surface area contributed by atoms with Crippen LogP contribution >= 0.6 is 0 Å². The minimum Gasteiger partial charge on any atom is -0.309 e. The number of hydrogen-bond donors (Lipinski definition) is 0. The number of rotatable bonds is 2. The summed E-state index contributed by atoms with van der Waals surface area (Å²) in [6.45, 7) is 14.4. The molecule has 4 aromatic carbocycles. The van der Waals surface area contributed by atoms with E-state index in [0.717, 1.165) is 28.2 Å². The Labute approximate surface area is 252 Å². The van der Waals surface area contributed by atoms with Gasteiger partial charge in [0.05, 0.1) is 22.6 Å². The lowest BCUT2D eigenvalue weighted by molar-refractivity contribution is 0.567. The van der Waals surface area contributed by atoms with Gasteiger partial charge >= 0.3 is 0 Å². The first-order chi connectivity index (χ1) is 20.6. The van der Waals surface area contributed by atoms with Gasteiger partial charge in [0.25, 0.3) is 0 Å². The fraction of sp³-hybridized carbons (Fsp3) is 0.231. The Morgan fingerprint density at radius 1 is 0.535 bits per heavy atom. The van der Waals surface area contributed by atoms with Gasteiger partial charge in [-0.2, -0.15) is 0 Å². The van der Waals surface area contributed by atoms with Gasteiger partial charge in [0.2, 0.25) is 0 Å². The van der Waals surface area contributed by atoms with Gasteiger partial charge in [-0.05, 0) is 69.8 Å². The number of nitrogens with zero attached hydrogens (tertiary/aromatic N) is 4. The number of imidazole rings is 1. The van der Waals surface area contributed by atoms with E-state index in [1.807, 2.05) is 12.3 Å². The second-order valence-corrected chi connectivity index (χ2v) is 14.0. The molecule has 5 heterocycles. The maximum Gasteiger partial charge on any atom is 0.178 e. The molecular weight excluding hydrogens is 524 g/mol. The number of pyridine rings is 1.